The molecule has 0 aromatic heterocycles. The number of hydrogen-bond donors (Lipinski definition) is 1. The predicted octanol–water partition coefficient (Wildman–Crippen LogP) is 4.78. The molecule has 0 fully saturated rings. The molecule has 1 atom stereocenters. The first-order chi connectivity index (χ1) is 24.8. The highest BCUT2D eigenvalue weighted by Crippen LogP contribution is 2.14. The molecule has 1 N–H and O–H groups in total. The number of rotatable bonds is 32. The predicted molar refractivity (Wildman–Crippen MR) is 194 cm³/mol. The fraction of sp³-hybridized carbons (Fsp3) is 0.833. The zero-order valence-corrected chi connectivity index (χ0v) is 32.7. The summed E-state index contributed by atoms with van der Waals surface area (Å²) in [5.41, 5.74) is 0. The van der Waals surface area contributed by atoms with Gasteiger partial charge in [-0.25, -0.2) is 0 Å². The van der Waals surface area contributed by atoms with E-state index in [2.05, 4.69) is 0 Å². The van der Waals surface area contributed by atoms with Gasteiger partial charge in [0.25, 0.3) is 10.1 Å². The first kappa shape index (κ1) is 48.7. The van der Waals surface area contributed by atoms with E-state index in [1.807, 2.05) is 27.7 Å². The van der Waals surface area contributed by atoms with Crippen molar-refractivity contribution in [3.63, 3.8) is 0 Å². The lowest BCUT2D eigenvalue weighted by Crippen LogP contribution is -2.50. The van der Waals surface area contributed by atoms with Crippen LogP contribution >= 0.6 is 0 Å². The van der Waals surface area contributed by atoms with Crippen molar-refractivity contribution in [3.05, 3.63) is 0 Å². The zero-order chi connectivity index (χ0) is 39.2. The Kier molecular flexibility index (Phi) is 28.3. The molecule has 0 aromatic rings. The molecule has 0 aliphatic heterocycles. The molecule has 15 nitrogen and oxygen atoms in total. The van der Waals surface area contributed by atoms with Gasteiger partial charge in [0.05, 0.1) is 32.8 Å². The lowest BCUT2D eigenvalue weighted by Gasteiger charge is -2.26. The van der Waals surface area contributed by atoms with Crippen LogP contribution in [0.5, 0.6) is 0 Å². The van der Waals surface area contributed by atoms with Crippen molar-refractivity contribution in [2.75, 3.05) is 52.6 Å². The molecule has 0 aliphatic carbocycles. The molecule has 0 saturated heterocycles. The molecule has 0 saturated carbocycles. The van der Waals surface area contributed by atoms with Crippen molar-refractivity contribution in [2.45, 2.75) is 142 Å². The standard InChI is InChI=1S/C36H64N2O13S/c1-5-9-13-17-21-48-32(40)26-37(27-33(41)49-22-18-14-10-6-2)31(39)25-30(52(45,46)47)36(44)38(28-34(42)50-23-19-15-11-7-3)29-35(43)51-24-20-16-12-8-4/h30H,5-29H2,1-4H3,(H,45,46,47). The van der Waals surface area contributed by atoms with E-state index < -0.39 is 83.7 Å². The van der Waals surface area contributed by atoms with Crippen LogP contribution in [0.25, 0.3) is 0 Å². The zero-order valence-electron chi connectivity index (χ0n) is 31.9. The molecule has 16 heteroatoms. The van der Waals surface area contributed by atoms with Gasteiger partial charge in [-0.3, -0.25) is 33.3 Å². The average molecular weight is 765 g/mol. The third-order valence-corrected chi connectivity index (χ3v) is 9.07. The Balaban J connectivity index is 6.05. The molecule has 1 unspecified atom stereocenters. The maximum Gasteiger partial charge on any atom is 0.325 e. The van der Waals surface area contributed by atoms with Crippen LogP contribution in [0.2, 0.25) is 0 Å². The summed E-state index contributed by atoms with van der Waals surface area (Å²) in [6.07, 6.45) is 11.7. The molecular formula is C36H64N2O13S. The number of amides is 2. The first-order valence-electron chi connectivity index (χ1n) is 19.0. The molecule has 0 aliphatic rings. The Morgan fingerprint density at radius 1 is 0.481 bits per heavy atom. The summed E-state index contributed by atoms with van der Waals surface area (Å²) in [7, 11) is -5.34. The summed E-state index contributed by atoms with van der Waals surface area (Å²) in [4.78, 5) is 79.1. The van der Waals surface area contributed by atoms with Gasteiger partial charge in [0.1, 0.15) is 26.2 Å². The van der Waals surface area contributed by atoms with E-state index in [9.17, 15) is 41.7 Å². The van der Waals surface area contributed by atoms with Gasteiger partial charge < -0.3 is 28.7 Å². The van der Waals surface area contributed by atoms with E-state index >= 15 is 0 Å². The van der Waals surface area contributed by atoms with Crippen LogP contribution in [0.4, 0.5) is 0 Å². The van der Waals surface area contributed by atoms with Crippen molar-refractivity contribution < 1.29 is 60.7 Å². The van der Waals surface area contributed by atoms with Crippen LogP contribution in [-0.2, 0) is 57.8 Å². The van der Waals surface area contributed by atoms with Crippen molar-refractivity contribution in [2.24, 2.45) is 0 Å². The number of nitrogens with zero attached hydrogens (tertiary/aromatic N) is 2. The van der Waals surface area contributed by atoms with Gasteiger partial charge in [-0.15, -0.1) is 0 Å². The van der Waals surface area contributed by atoms with E-state index in [-0.39, 0.29) is 26.4 Å². The van der Waals surface area contributed by atoms with Crippen molar-refractivity contribution in [3.8, 4) is 0 Å². The lowest BCUT2D eigenvalue weighted by atomic mass is 10.2. The number of carbonyl (C=O) groups excluding carboxylic acids is 6. The maximum absolute atomic E-state index is 13.7. The summed E-state index contributed by atoms with van der Waals surface area (Å²) >= 11 is 0. The van der Waals surface area contributed by atoms with Gasteiger partial charge in [-0.2, -0.15) is 8.42 Å². The lowest BCUT2D eigenvalue weighted by molar-refractivity contribution is -0.156. The van der Waals surface area contributed by atoms with Gasteiger partial charge in [0.15, 0.2) is 5.25 Å². The van der Waals surface area contributed by atoms with E-state index in [1.54, 1.807) is 0 Å². The van der Waals surface area contributed by atoms with Gasteiger partial charge in [-0.1, -0.05) is 105 Å². The summed E-state index contributed by atoms with van der Waals surface area (Å²) in [5, 5.41) is -2.49. The van der Waals surface area contributed by atoms with Gasteiger partial charge in [-0.05, 0) is 25.7 Å². The Bertz CT molecular complexity index is 1110. The number of ether oxygens (including phenoxy) is 4. The number of esters is 4. The summed E-state index contributed by atoms with van der Waals surface area (Å²) in [6, 6.07) is 0. The SMILES string of the molecule is CCCCCCOC(=O)CN(CC(=O)OCCCCCC)C(=O)CC(C(=O)N(CC(=O)OCCCCCC)CC(=O)OCCCCCC)S(=O)(=O)O. The quantitative estimate of drug-likeness (QED) is 0.0425. The number of carbonyl (C=O) groups is 6. The topological polar surface area (TPSA) is 200 Å². The molecule has 0 rings (SSSR count). The Labute approximate surface area is 310 Å². The van der Waals surface area contributed by atoms with Crippen molar-refractivity contribution in [1.82, 2.24) is 9.80 Å². The fourth-order valence-electron chi connectivity index (χ4n) is 4.92. The molecular weight excluding hydrogens is 700 g/mol. The normalized spacial score (nSPS) is 11.7. The number of hydrogen-bond acceptors (Lipinski definition) is 12. The average Bonchev–Trinajstić information content (AvgIpc) is 3.08. The highest BCUT2D eigenvalue weighted by atomic mass is 32.2. The number of unbranched alkanes of at least 4 members (excludes halogenated alkanes) is 12. The molecule has 52 heavy (non-hydrogen) atoms. The van der Waals surface area contributed by atoms with E-state index in [0.717, 1.165) is 77.0 Å². The summed E-state index contributed by atoms with van der Waals surface area (Å²) in [6.45, 7) is 4.99. The minimum absolute atomic E-state index is 0.0291. The second-order valence-corrected chi connectivity index (χ2v) is 14.4. The van der Waals surface area contributed by atoms with Crippen LogP contribution in [0.3, 0.4) is 0 Å². The monoisotopic (exact) mass is 764 g/mol. The minimum Gasteiger partial charge on any atom is -0.464 e. The third-order valence-electron chi connectivity index (χ3n) is 7.98. The summed E-state index contributed by atoms with van der Waals surface area (Å²) in [5.74, 6) is -6.24. The Hall–Kier alpha value is -3.27. The largest absolute Gasteiger partial charge is 0.464 e. The molecule has 2 amide bonds. The fourth-order valence-corrected chi connectivity index (χ4v) is 5.68. The second-order valence-electron chi connectivity index (χ2n) is 12.8. The molecule has 0 radical (unpaired) electrons. The Morgan fingerprint density at radius 2 is 0.769 bits per heavy atom. The smallest absolute Gasteiger partial charge is 0.325 e. The molecule has 302 valence electrons. The molecule has 0 bridgehead atoms. The van der Waals surface area contributed by atoms with Crippen LogP contribution in [-0.4, -0.2) is 116 Å². The van der Waals surface area contributed by atoms with Gasteiger partial charge >= 0.3 is 23.9 Å². The van der Waals surface area contributed by atoms with Crippen molar-refractivity contribution in [1.29, 1.82) is 0 Å². The van der Waals surface area contributed by atoms with Crippen molar-refractivity contribution >= 4 is 45.8 Å². The van der Waals surface area contributed by atoms with E-state index in [0.29, 0.717) is 35.5 Å². The third kappa shape index (κ3) is 24.8. The van der Waals surface area contributed by atoms with E-state index in [1.165, 1.54) is 0 Å². The second kappa shape index (κ2) is 30.2. The highest BCUT2D eigenvalue weighted by Gasteiger charge is 2.40. The first-order valence-corrected chi connectivity index (χ1v) is 20.5. The highest BCUT2D eigenvalue weighted by molar-refractivity contribution is 7.87. The van der Waals surface area contributed by atoms with Crippen LogP contribution in [0, 0.1) is 0 Å². The summed E-state index contributed by atoms with van der Waals surface area (Å²) < 4.78 is 56.0. The van der Waals surface area contributed by atoms with Crippen LogP contribution in [0.1, 0.15) is 137 Å². The molecule has 0 heterocycles. The molecule has 0 aromatic carbocycles. The molecule has 0 spiro atoms. The van der Waals surface area contributed by atoms with Crippen LogP contribution in [0.15, 0.2) is 0 Å². The van der Waals surface area contributed by atoms with Crippen LogP contribution < -0.4 is 0 Å². The van der Waals surface area contributed by atoms with Gasteiger partial charge in [0.2, 0.25) is 11.8 Å². The maximum atomic E-state index is 13.7. The van der Waals surface area contributed by atoms with E-state index in [4.69, 9.17) is 18.9 Å². The Morgan fingerprint density at radius 3 is 1.04 bits per heavy atom. The minimum atomic E-state index is -5.34. The van der Waals surface area contributed by atoms with Gasteiger partial charge in [0, 0.05) is 0 Å².